The Bertz CT molecular complexity index is 513. The van der Waals surface area contributed by atoms with Gasteiger partial charge < -0.3 is 15.1 Å². The number of piperazine rings is 1. The van der Waals surface area contributed by atoms with Crippen molar-refractivity contribution < 1.29 is 9.59 Å². The van der Waals surface area contributed by atoms with E-state index in [-0.39, 0.29) is 11.8 Å². The number of amides is 2. The number of nitrogens with one attached hydrogen (secondary N) is 1. The molecule has 1 aliphatic heterocycles. The van der Waals surface area contributed by atoms with Crippen molar-refractivity contribution in [3.63, 3.8) is 0 Å². The number of aromatic nitrogens is 2. The third-order valence-corrected chi connectivity index (χ3v) is 3.97. The molecule has 1 fully saturated rings. The Labute approximate surface area is 124 Å². The van der Waals surface area contributed by atoms with E-state index in [0.29, 0.717) is 25.9 Å². The number of aryl methyl sites for hydroxylation is 2. The molecule has 7 nitrogen and oxygen atoms in total. The average molecular weight is 293 g/mol. The molecule has 21 heavy (non-hydrogen) atoms. The maximum Gasteiger partial charge on any atom is 0.243 e. The summed E-state index contributed by atoms with van der Waals surface area (Å²) in [5.74, 6) is -0.0756. The molecular formula is C14H23N5O2. The number of likely N-dealkylation sites (N-methyl/N-ethyl adjacent to an activating group) is 2. The highest BCUT2D eigenvalue weighted by Gasteiger charge is 2.33. The number of rotatable bonds is 4. The molecule has 1 unspecified atom stereocenters. The summed E-state index contributed by atoms with van der Waals surface area (Å²) >= 11 is 0. The first kappa shape index (κ1) is 15.5. The van der Waals surface area contributed by atoms with E-state index >= 15 is 0 Å². The fourth-order valence-corrected chi connectivity index (χ4v) is 2.63. The largest absolute Gasteiger partial charge is 0.357 e. The maximum absolute atomic E-state index is 12.4. The Balaban J connectivity index is 1.99. The van der Waals surface area contributed by atoms with E-state index in [0.717, 1.165) is 12.2 Å². The van der Waals surface area contributed by atoms with Gasteiger partial charge in [0.15, 0.2) is 0 Å². The summed E-state index contributed by atoms with van der Waals surface area (Å²) in [7, 11) is 5.44. The van der Waals surface area contributed by atoms with Crippen LogP contribution in [0.2, 0.25) is 0 Å². The van der Waals surface area contributed by atoms with E-state index < -0.39 is 6.04 Å². The Kier molecular flexibility index (Phi) is 4.95. The first-order chi connectivity index (χ1) is 10.0. The Hall–Kier alpha value is -1.89. The molecule has 1 aliphatic rings. The van der Waals surface area contributed by atoms with E-state index in [2.05, 4.69) is 15.3 Å². The van der Waals surface area contributed by atoms with Gasteiger partial charge in [-0.2, -0.15) is 5.10 Å². The molecule has 0 saturated carbocycles. The van der Waals surface area contributed by atoms with E-state index in [9.17, 15) is 9.59 Å². The van der Waals surface area contributed by atoms with Gasteiger partial charge in [-0.15, -0.1) is 0 Å². The molecule has 2 amide bonds. The molecule has 0 aliphatic carbocycles. The van der Waals surface area contributed by atoms with Crippen molar-refractivity contribution in [1.82, 2.24) is 24.9 Å². The maximum atomic E-state index is 12.4. The fourth-order valence-electron chi connectivity index (χ4n) is 2.63. The molecule has 116 valence electrons. The van der Waals surface area contributed by atoms with Crippen LogP contribution in [-0.2, 0) is 23.1 Å². The van der Waals surface area contributed by atoms with Crippen LogP contribution >= 0.6 is 0 Å². The standard InChI is InChI=1S/C14H23N5O2/c1-15-14(21)12-10-17(2)8-9-19(12)13(20)5-4-11-6-7-16-18(11)3/h6-7,12H,4-5,8-10H2,1-3H3,(H,15,21). The molecule has 0 bridgehead atoms. The van der Waals surface area contributed by atoms with Crippen molar-refractivity contribution in [2.75, 3.05) is 33.7 Å². The van der Waals surface area contributed by atoms with Crippen molar-refractivity contribution in [1.29, 1.82) is 0 Å². The van der Waals surface area contributed by atoms with Crippen molar-refractivity contribution in [3.8, 4) is 0 Å². The van der Waals surface area contributed by atoms with Crippen molar-refractivity contribution in [2.24, 2.45) is 7.05 Å². The van der Waals surface area contributed by atoms with Gasteiger partial charge in [0.2, 0.25) is 11.8 Å². The molecule has 2 rings (SSSR count). The van der Waals surface area contributed by atoms with Gasteiger partial charge in [-0.1, -0.05) is 0 Å². The molecular weight excluding hydrogens is 270 g/mol. The van der Waals surface area contributed by atoms with Crippen molar-refractivity contribution in [2.45, 2.75) is 18.9 Å². The lowest BCUT2D eigenvalue weighted by Crippen LogP contribution is -2.59. The molecule has 1 atom stereocenters. The zero-order valence-corrected chi connectivity index (χ0v) is 12.9. The fraction of sp³-hybridized carbons (Fsp3) is 0.643. The first-order valence-electron chi connectivity index (χ1n) is 7.19. The predicted molar refractivity (Wildman–Crippen MR) is 78.6 cm³/mol. The Morgan fingerprint density at radius 3 is 2.76 bits per heavy atom. The average Bonchev–Trinajstić information content (AvgIpc) is 2.89. The van der Waals surface area contributed by atoms with Gasteiger partial charge in [0.1, 0.15) is 6.04 Å². The minimum Gasteiger partial charge on any atom is -0.357 e. The number of carbonyl (C=O) groups is 2. The van der Waals surface area contributed by atoms with Crippen LogP contribution in [-0.4, -0.2) is 71.2 Å². The molecule has 7 heteroatoms. The highest BCUT2D eigenvalue weighted by Crippen LogP contribution is 2.12. The van der Waals surface area contributed by atoms with E-state index in [1.807, 2.05) is 20.2 Å². The van der Waals surface area contributed by atoms with Crippen LogP contribution in [0.5, 0.6) is 0 Å². The molecule has 1 aromatic heterocycles. The second-order valence-corrected chi connectivity index (χ2v) is 5.43. The molecule has 1 N–H and O–H groups in total. The SMILES string of the molecule is CNC(=O)C1CN(C)CCN1C(=O)CCc1ccnn1C. The highest BCUT2D eigenvalue weighted by atomic mass is 16.2. The van der Waals surface area contributed by atoms with Gasteiger partial charge in [-0.05, 0) is 19.5 Å². The van der Waals surface area contributed by atoms with Crippen molar-refractivity contribution in [3.05, 3.63) is 18.0 Å². The van der Waals surface area contributed by atoms with Crippen LogP contribution < -0.4 is 5.32 Å². The molecule has 0 spiro atoms. The number of carbonyl (C=O) groups excluding carboxylic acids is 2. The molecule has 1 saturated heterocycles. The zero-order chi connectivity index (χ0) is 15.4. The van der Waals surface area contributed by atoms with Gasteiger partial charge in [-0.25, -0.2) is 0 Å². The van der Waals surface area contributed by atoms with Gasteiger partial charge >= 0.3 is 0 Å². The zero-order valence-electron chi connectivity index (χ0n) is 12.9. The van der Waals surface area contributed by atoms with E-state index in [1.165, 1.54) is 0 Å². The summed E-state index contributed by atoms with van der Waals surface area (Å²) < 4.78 is 1.77. The lowest BCUT2D eigenvalue weighted by Gasteiger charge is -2.38. The third kappa shape index (κ3) is 3.60. The topological polar surface area (TPSA) is 70.5 Å². The molecule has 2 heterocycles. The van der Waals surface area contributed by atoms with E-state index in [4.69, 9.17) is 0 Å². The predicted octanol–water partition coefficient (Wildman–Crippen LogP) is -0.759. The summed E-state index contributed by atoms with van der Waals surface area (Å²) in [6, 6.07) is 1.51. The monoisotopic (exact) mass is 293 g/mol. The number of hydrogen-bond donors (Lipinski definition) is 1. The number of nitrogens with zero attached hydrogens (tertiary/aromatic N) is 4. The quantitative estimate of drug-likeness (QED) is 0.792. The summed E-state index contributed by atoms with van der Waals surface area (Å²) in [6.45, 7) is 1.97. The Morgan fingerprint density at radius 2 is 2.14 bits per heavy atom. The summed E-state index contributed by atoms with van der Waals surface area (Å²) in [5.41, 5.74) is 1.02. The van der Waals surface area contributed by atoms with Crippen LogP contribution in [0.3, 0.4) is 0 Å². The lowest BCUT2D eigenvalue weighted by atomic mass is 10.1. The smallest absolute Gasteiger partial charge is 0.243 e. The second kappa shape index (κ2) is 6.71. The second-order valence-electron chi connectivity index (χ2n) is 5.43. The number of hydrogen-bond acceptors (Lipinski definition) is 4. The van der Waals surface area contributed by atoms with Crippen LogP contribution in [0.15, 0.2) is 12.3 Å². The lowest BCUT2D eigenvalue weighted by molar-refractivity contribution is -0.143. The minimum absolute atomic E-state index is 0.0258. The van der Waals surface area contributed by atoms with Crippen LogP contribution in [0.1, 0.15) is 12.1 Å². The first-order valence-corrected chi connectivity index (χ1v) is 7.19. The summed E-state index contributed by atoms with van der Waals surface area (Å²) in [5, 5.41) is 6.74. The normalized spacial score (nSPS) is 19.6. The summed E-state index contributed by atoms with van der Waals surface area (Å²) in [4.78, 5) is 28.2. The van der Waals surface area contributed by atoms with Gasteiger partial charge in [0, 0.05) is 52.0 Å². The van der Waals surface area contributed by atoms with Gasteiger partial charge in [0.25, 0.3) is 0 Å². The molecule has 0 aromatic carbocycles. The van der Waals surface area contributed by atoms with Gasteiger partial charge in [0.05, 0.1) is 0 Å². The molecule has 1 aromatic rings. The highest BCUT2D eigenvalue weighted by molar-refractivity contribution is 5.88. The molecule has 0 radical (unpaired) electrons. The van der Waals surface area contributed by atoms with Crippen molar-refractivity contribution >= 4 is 11.8 Å². The van der Waals surface area contributed by atoms with Gasteiger partial charge in [-0.3, -0.25) is 14.3 Å². The van der Waals surface area contributed by atoms with E-state index in [1.54, 1.807) is 22.8 Å². The summed E-state index contributed by atoms with van der Waals surface area (Å²) in [6.07, 6.45) is 2.77. The van der Waals surface area contributed by atoms with Crippen LogP contribution in [0.4, 0.5) is 0 Å². The third-order valence-electron chi connectivity index (χ3n) is 3.97. The Morgan fingerprint density at radius 1 is 1.38 bits per heavy atom. The van der Waals surface area contributed by atoms with Crippen LogP contribution in [0, 0.1) is 0 Å². The van der Waals surface area contributed by atoms with Crippen LogP contribution in [0.25, 0.3) is 0 Å². The minimum atomic E-state index is -0.396.